The Labute approximate surface area is 119 Å². The van der Waals surface area contributed by atoms with Gasteiger partial charge in [-0.15, -0.1) is 0 Å². The van der Waals surface area contributed by atoms with E-state index in [0.717, 1.165) is 38.8 Å². The molecule has 0 saturated carbocycles. The number of nitrogens with zero attached hydrogens (tertiary/aromatic N) is 1. The maximum atomic E-state index is 12.7. The Morgan fingerprint density at radius 1 is 1.11 bits per heavy atom. The zero-order valence-corrected chi connectivity index (χ0v) is 12.4. The highest BCUT2D eigenvalue weighted by atomic mass is 35.5. The maximum Gasteiger partial charge on any atom is 0.229 e. The van der Waals surface area contributed by atoms with E-state index in [-0.39, 0.29) is 24.0 Å². The Morgan fingerprint density at radius 2 is 1.63 bits per heavy atom. The molecule has 0 aromatic rings. The van der Waals surface area contributed by atoms with Crippen LogP contribution in [0, 0.1) is 11.8 Å². The molecule has 4 nitrogen and oxygen atoms in total. The van der Waals surface area contributed by atoms with Crippen LogP contribution in [-0.2, 0) is 14.3 Å². The van der Waals surface area contributed by atoms with Gasteiger partial charge in [-0.25, -0.2) is 0 Å². The van der Waals surface area contributed by atoms with Crippen molar-refractivity contribution in [2.45, 2.75) is 51.7 Å². The Hall–Kier alpha value is -0.610. The standard InChI is InChI=1S/C14H22ClNO3/c1-3-7-16(8-4-2)14(18)12-10-6-5-9(19-10)11(12)13(15)17/h9-12H,3-8H2,1-2H3. The van der Waals surface area contributed by atoms with Crippen molar-refractivity contribution in [1.29, 1.82) is 0 Å². The molecule has 0 aromatic heterocycles. The molecule has 2 aliphatic rings. The van der Waals surface area contributed by atoms with E-state index in [2.05, 4.69) is 13.8 Å². The van der Waals surface area contributed by atoms with Gasteiger partial charge in [0.15, 0.2) is 0 Å². The smallest absolute Gasteiger partial charge is 0.229 e. The van der Waals surface area contributed by atoms with Gasteiger partial charge in [-0.3, -0.25) is 9.59 Å². The van der Waals surface area contributed by atoms with Gasteiger partial charge in [-0.1, -0.05) is 13.8 Å². The largest absolute Gasteiger partial charge is 0.373 e. The minimum absolute atomic E-state index is 0.0508. The quantitative estimate of drug-likeness (QED) is 0.704. The molecule has 2 bridgehead atoms. The van der Waals surface area contributed by atoms with Crippen LogP contribution in [0.2, 0.25) is 0 Å². The second-order valence-electron chi connectivity index (χ2n) is 5.47. The first kappa shape index (κ1) is 14.8. The van der Waals surface area contributed by atoms with Gasteiger partial charge in [0.05, 0.1) is 24.0 Å². The summed E-state index contributed by atoms with van der Waals surface area (Å²) in [4.78, 5) is 26.1. The average molecular weight is 288 g/mol. The number of ether oxygens (including phenoxy) is 1. The SMILES string of the molecule is CCCN(CCC)C(=O)C1C2CCC(O2)C1C(=O)Cl. The first-order valence-corrected chi connectivity index (χ1v) is 7.61. The normalized spacial score (nSPS) is 32.6. The van der Waals surface area contributed by atoms with Gasteiger partial charge >= 0.3 is 0 Å². The molecular formula is C14H22ClNO3. The second kappa shape index (κ2) is 6.23. The summed E-state index contributed by atoms with van der Waals surface area (Å²) in [5.74, 6) is -0.749. The van der Waals surface area contributed by atoms with E-state index in [1.54, 1.807) is 0 Å². The van der Waals surface area contributed by atoms with Gasteiger partial charge in [0, 0.05) is 13.1 Å². The van der Waals surface area contributed by atoms with Crippen LogP contribution in [0.25, 0.3) is 0 Å². The van der Waals surface area contributed by atoms with E-state index < -0.39 is 11.2 Å². The number of hydrogen-bond acceptors (Lipinski definition) is 3. The lowest BCUT2D eigenvalue weighted by molar-refractivity contribution is -0.140. The van der Waals surface area contributed by atoms with Crippen LogP contribution in [0.5, 0.6) is 0 Å². The minimum atomic E-state index is -0.441. The fraction of sp³-hybridized carbons (Fsp3) is 0.857. The van der Waals surface area contributed by atoms with Crippen molar-refractivity contribution < 1.29 is 14.3 Å². The number of carbonyl (C=O) groups is 2. The Morgan fingerprint density at radius 3 is 2.11 bits per heavy atom. The summed E-state index contributed by atoms with van der Waals surface area (Å²) in [6.07, 6.45) is 3.31. The van der Waals surface area contributed by atoms with Crippen LogP contribution in [0.4, 0.5) is 0 Å². The van der Waals surface area contributed by atoms with Crippen molar-refractivity contribution in [1.82, 2.24) is 4.90 Å². The van der Waals surface area contributed by atoms with Crippen LogP contribution in [0.1, 0.15) is 39.5 Å². The van der Waals surface area contributed by atoms with Crippen molar-refractivity contribution in [2.75, 3.05) is 13.1 Å². The van der Waals surface area contributed by atoms with Crippen molar-refractivity contribution in [3.63, 3.8) is 0 Å². The molecule has 4 unspecified atom stereocenters. The van der Waals surface area contributed by atoms with Gasteiger partial charge in [0.2, 0.25) is 11.1 Å². The predicted octanol–water partition coefficient (Wildman–Crippen LogP) is 2.19. The summed E-state index contributed by atoms with van der Waals surface area (Å²) in [5, 5.41) is -0.418. The Bertz CT molecular complexity index is 355. The third kappa shape index (κ3) is 2.79. The van der Waals surface area contributed by atoms with Crippen LogP contribution >= 0.6 is 11.6 Å². The first-order valence-electron chi connectivity index (χ1n) is 7.23. The number of amides is 1. The van der Waals surface area contributed by atoms with Crippen molar-refractivity contribution in [3.8, 4) is 0 Å². The molecule has 2 heterocycles. The van der Waals surface area contributed by atoms with E-state index >= 15 is 0 Å². The van der Waals surface area contributed by atoms with Gasteiger partial charge in [0.1, 0.15) is 0 Å². The Balaban J connectivity index is 2.13. The minimum Gasteiger partial charge on any atom is -0.373 e. The van der Waals surface area contributed by atoms with E-state index in [4.69, 9.17) is 16.3 Å². The lowest BCUT2D eigenvalue weighted by Gasteiger charge is -2.30. The van der Waals surface area contributed by atoms with E-state index in [1.165, 1.54) is 0 Å². The topological polar surface area (TPSA) is 46.6 Å². The Kier molecular flexibility index (Phi) is 4.85. The van der Waals surface area contributed by atoms with Gasteiger partial charge < -0.3 is 9.64 Å². The molecule has 2 fully saturated rings. The maximum absolute atomic E-state index is 12.7. The predicted molar refractivity (Wildman–Crippen MR) is 72.9 cm³/mol. The van der Waals surface area contributed by atoms with Crippen molar-refractivity contribution in [2.24, 2.45) is 11.8 Å². The molecule has 5 heteroatoms. The summed E-state index contributed by atoms with van der Waals surface area (Å²) >= 11 is 5.69. The monoisotopic (exact) mass is 287 g/mol. The fourth-order valence-electron chi connectivity index (χ4n) is 3.36. The molecule has 0 spiro atoms. The molecular weight excluding hydrogens is 266 g/mol. The van der Waals surface area contributed by atoms with E-state index in [0.29, 0.717) is 0 Å². The lowest BCUT2D eigenvalue weighted by atomic mass is 9.79. The molecule has 1 amide bonds. The summed E-state index contributed by atoms with van der Waals surface area (Å²) in [6, 6.07) is 0. The molecule has 0 N–H and O–H groups in total. The number of fused-ring (bicyclic) bond motifs is 2. The molecule has 0 aromatic carbocycles. The zero-order valence-electron chi connectivity index (χ0n) is 11.6. The summed E-state index contributed by atoms with van der Waals surface area (Å²) < 4.78 is 5.73. The number of hydrogen-bond donors (Lipinski definition) is 0. The summed E-state index contributed by atoms with van der Waals surface area (Å²) in [7, 11) is 0. The molecule has 2 aliphatic heterocycles. The van der Waals surface area contributed by atoms with Crippen LogP contribution < -0.4 is 0 Å². The van der Waals surface area contributed by atoms with E-state index in [1.807, 2.05) is 4.90 Å². The highest BCUT2D eigenvalue weighted by Gasteiger charge is 2.55. The summed E-state index contributed by atoms with van der Waals surface area (Å²) in [6.45, 7) is 5.59. The number of carbonyl (C=O) groups excluding carboxylic acids is 2. The molecule has 108 valence electrons. The van der Waals surface area contributed by atoms with Gasteiger partial charge in [0.25, 0.3) is 0 Å². The molecule has 0 radical (unpaired) electrons. The summed E-state index contributed by atoms with van der Waals surface area (Å²) in [5.41, 5.74) is 0. The first-order chi connectivity index (χ1) is 9.10. The van der Waals surface area contributed by atoms with Gasteiger partial charge in [-0.2, -0.15) is 0 Å². The molecule has 2 rings (SSSR count). The number of halogens is 1. The van der Waals surface area contributed by atoms with Crippen LogP contribution in [0.3, 0.4) is 0 Å². The molecule has 19 heavy (non-hydrogen) atoms. The van der Waals surface area contributed by atoms with Gasteiger partial charge in [-0.05, 0) is 37.3 Å². The zero-order chi connectivity index (χ0) is 14.0. The van der Waals surface area contributed by atoms with Crippen molar-refractivity contribution in [3.05, 3.63) is 0 Å². The molecule has 2 saturated heterocycles. The van der Waals surface area contributed by atoms with Crippen LogP contribution in [-0.4, -0.2) is 41.3 Å². The van der Waals surface area contributed by atoms with E-state index in [9.17, 15) is 9.59 Å². The molecule has 4 atom stereocenters. The third-order valence-corrected chi connectivity index (χ3v) is 4.37. The average Bonchev–Trinajstić information content (AvgIpc) is 2.97. The lowest BCUT2D eigenvalue weighted by Crippen LogP contribution is -2.45. The highest BCUT2D eigenvalue weighted by molar-refractivity contribution is 6.64. The third-order valence-electron chi connectivity index (χ3n) is 4.12. The fourth-order valence-corrected chi connectivity index (χ4v) is 3.64. The second-order valence-corrected chi connectivity index (χ2v) is 5.84. The van der Waals surface area contributed by atoms with Crippen molar-refractivity contribution >= 4 is 22.8 Å². The van der Waals surface area contributed by atoms with Crippen LogP contribution in [0.15, 0.2) is 0 Å². The number of rotatable bonds is 6. The highest BCUT2D eigenvalue weighted by Crippen LogP contribution is 2.45. The molecule has 0 aliphatic carbocycles.